The predicted octanol–water partition coefficient (Wildman–Crippen LogP) is 1.91. The fraction of sp³-hybridized carbons (Fsp3) is 0.500. The maximum absolute atomic E-state index is 14.4. The van der Waals surface area contributed by atoms with Crippen molar-refractivity contribution in [1.29, 1.82) is 0 Å². The second-order valence-corrected chi connectivity index (χ2v) is 13.9. The standard InChI is InChI=1S/C34H39N3O7/c1-32-15-21-20(19-9-7-18(8-10-19)16-37-13-5-6-14-37)11-12-22(38)23(21)26(39)25(32)30(42)34(44)29(41)24(31(35)43)27(40)28(36(3)4)33(34,2)17-32/h7-12,24-25,28,38,44H,5-6,13-17H2,1-4H3,(H2,35,43)/t24?,25?,28-,32+,33+,34-/m1/s1. The molecular formula is C34H39N3O7. The number of rotatable bonds is 5. The molecule has 1 saturated heterocycles. The van der Waals surface area contributed by atoms with Crippen LogP contribution in [-0.2, 0) is 32.1 Å². The number of nitrogens with zero attached hydrogens (tertiary/aromatic N) is 2. The number of hydrogen-bond donors (Lipinski definition) is 3. The summed E-state index contributed by atoms with van der Waals surface area (Å²) in [6.45, 7) is 6.29. The molecule has 2 aromatic carbocycles. The van der Waals surface area contributed by atoms with Crippen LogP contribution in [0, 0.1) is 22.7 Å². The first kappa shape index (κ1) is 30.3. The highest BCUT2D eigenvalue weighted by Gasteiger charge is 2.76. The van der Waals surface area contributed by atoms with Crippen molar-refractivity contribution in [2.45, 2.75) is 57.7 Å². The van der Waals surface area contributed by atoms with Gasteiger partial charge in [0, 0.05) is 12.0 Å². The van der Waals surface area contributed by atoms with Gasteiger partial charge < -0.3 is 15.9 Å². The first-order chi connectivity index (χ1) is 20.7. The number of likely N-dealkylation sites (N-methyl/N-ethyl adjacent to an activating group) is 1. The van der Waals surface area contributed by atoms with E-state index in [2.05, 4.69) is 17.0 Å². The predicted molar refractivity (Wildman–Crippen MR) is 161 cm³/mol. The molecule has 6 rings (SSSR count). The average Bonchev–Trinajstić information content (AvgIpc) is 3.44. The molecule has 2 unspecified atom stereocenters. The lowest BCUT2D eigenvalue weighted by atomic mass is 9.42. The van der Waals surface area contributed by atoms with E-state index < -0.39 is 63.3 Å². The molecular weight excluding hydrogens is 562 g/mol. The first-order valence-corrected chi connectivity index (χ1v) is 15.2. The Bertz CT molecular complexity index is 1610. The molecule has 1 aliphatic heterocycles. The molecule has 6 atom stereocenters. The summed E-state index contributed by atoms with van der Waals surface area (Å²) in [5, 5.41) is 23.0. The number of amides is 1. The summed E-state index contributed by atoms with van der Waals surface area (Å²) in [6, 6.07) is 10.1. The Morgan fingerprint density at radius 3 is 2.23 bits per heavy atom. The molecule has 0 aromatic heterocycles. The maximum Gasteiger partial charge on any atom is 0.235 e. The number of fused-ring (bicyclic) bond motifs is 3. The number of phenolic OH excluding ortho intramolecular Hbond substituents is 1. The molecule has 3 fully saturated rings. The van der Waals surface area contributed by atoms with E-state index in [1.165, 1.54) is 36.3 Å². The topological polar surface area (TPSA) is 158 Å². The largest absolute Gasteiger partial charge is 0.507 e. The minimum Gasteiger partial charge on any atom is -0.507 e. The highest BCUT2D eigenvalue weighted by Crippen LogP contribution is 2.62. The second-order valence-electron chi connectivity index (χ2n) is 13.9. The number of aromatic hydroxyl groups is 1. The lowest BCUT2D eigenvalue weighted by Gasteiger charge is -2.61. The molecule has 44 heavy (non-hydrogen) atoms. The number of hydrogen-bond acceptors (Lipinski definition) is 9. The molecule has 2 saturated carbocycles. The summed E-state index contributed by atoms with van der Waals surface area (Å²) in [7, 11) is 3.15. The Hall–Kier alpha value is -3.73. The van der Waals surface area contributed by atoms with E-state index in [4.69, 9.17) is 5.73 Å². The van der Waals surface area contributed by atoms with Gasteiger partial charge in [-0.3, -0.25) is 33.8 Å². The highest BCUT2D eigenvalue weighted by atomic mass is 16.3. The maximum atomic E-state index is 14.4. The third-order valence-corrected chi connectivity index (χ3v) is 10.7. The third-order valence-electron chi connectivity index (χ3n) is 10.7. The molecule has 232 valence electrons. The van der Waals surface area contributed by atoms with Gasteiger partial charge in [-0.1, -0.05) is 44.2 Å². The van der Waals surface area contributed by atoms with Crippen LogP contribution in [0.4, 0.5) is 0 Å². The molecule has 4 aliphatic rings. The van der Waals surface area contributed by atoms with E-state index >= 15 is 0 Å². The van der Waals surface area contributed by atoms with Crippen LogP contribution < -0.4 is 5.73 Å². The minimum atomic E-state index is -2.81. The summed E-state index contributed by atoms with van der Waals surface area (Å²) >= 11 is 0. The fourth-order valence-electron chi connectivity index (χ4n) is 8.98. The van der Waals surface area contributed by atoms with E-state index in [0.717, 1.165) is 30.8 Å². The van der Waals surface area contributed by atoms with Crippen molar-refractivity contribution in [3.63, 3.8) is 0 Å². The Kier molecular flexibility index (Phi) is 6.99. The number of carbonyl (C=O) groups is 5. The number of likely N-dealkylation sites (tertiary alicyclic amines) is 1. The molecule has 1 amide bonds. The van der Waals surface area contributed by atoms with Crippen LogP contribution in [-0.4, -0.2) is 87.9 Å². The monoisotopic (exact) mass is 601 g/mol. The van der Waals surface area contributed by atoms with Crippen LogP contribution in [0.25, 0.3) is 11.1 Å². The van der Waals surface area contributed by atoms with Crippen molar-refractivity contribution in [1.82, 2.24) is 9.80 Å². The number of aliphatic hydroxyl groups is 1. The zero-order valence-electron chi connectivity index (χ0n) is 25.6. The van der Waals surface area contributed by atoms with Crippen LogP contribution in [0.15, 0.2) is 36.4 Å². The van der Waals surface area contributed by atoms with Crippen molar-refractivity contribution in [3.8, 4) is 16.9 Å². The third kappa shape index (κ3) is 4.07. The van der Waals surface area contributed by atoms with Gasteiger partial charge in [-0.05, 0) is 86.6 Å². The van der Waals surface area contributed by atoms with Crippen molar-refractivity contribution < 1.29 is 34.2 Å². The summed E-state index contributed by atoms with van der Waals surface area (Å²) < 4.78 is 0. The molecule has 0 spiro atoms. The molecule has 2 aromatic rings. The molecule has 0 radical (unpaired) electrons. The summed E-state index contributed by atoms with van der Waals surface area (Å²) in [5.74, 6) is -8.85. The van der Waals surface area contributed by atoms with E-state index in [1.54, 1.807) is 27.1 Å². The molecule has 10 nitrogen and oxygen atoms in total. The number of ketones is 4. The molecule has 1 heterocycles. The van der Waals surface area contributed by atoms with Crippen LogP contribution >= 0.6 is 0 Å². The van der Waals surface area contributed by atoms with Crippen LogP contribution in [0.1, 0.15) is 54.6 Å². The fourth-order valence-corrected chi connectivity index (χ4v) is 8.98. The molecule has 0 bridgehead atoms. The number of primary amides is 1. The van der Waals surface area contributed by atoms with Gasteiger partial charge in [0.25, 0.3) is 0 Å². The van der Waals surface area contributed by atoms with Gasteiger partial charge in [0.15, 0.2) is 34.7 Å². The molecule has 4 N–H and O–H groups in total. The van der Waals surface area contributed by atoms with Crippen molar-refractivity contribution >= 4 is 29.0 Å². The zero-order chi connectivity index (χ0) is 31.9. The Morgan fingerprint density at radius 1 is 1.00 bits per heavy atom. The number of benzene rings is 2. The van der Waals surface area contributed by atoms with Gasteiger partial charge in [0.05, 0.1) is 17.5 Å². The van der Waals surface area contributed by atoms with E-state index in [9.17, 15) is 34.2 Å². The summed E-state index contributed by atoms with van der Waals surface area (Å²) in [6.07, 6.45) is 2.53. The van der Waals surface area contributed by atoms with Gasteiger partial charge in [-0.15, -0.1) is 0 Å². The Balaban J connectivity index is 1.46. The second kappa shape index (κ2) is 10.2. The van der Waals surface area contributed by atoms with Gasteiger partial charge in [-0.2, -0.15) is 0 Å². The van der Waals surface area contributed by atoms with Crippen molar-refractivity contribution in [2.75, 3.05) is 27.2 Å². The van der Waals surface area contributed by atoms with E-state index in [1.807, 2.05) is 12.1 Å². The van der Waals surface area contributed by atoms with Gasteiger partial charge >= 0.3 is 0 Å². The first-order valence-electron chi connectivity index (χ1n) is 15.2. The normalized spacial score (nSPS) is 33.7. The van der Waals surface area contributed by atoms with Gasteiger partial charge in [0.1, 0.15) is 5.75 Å². The summed E-state index contributed by atoms with van der Waals surface area (Å²) in [5.41, 5.74) is 3.18. The van der Waals surface area contributed by atoms with Crippen LogP contribution in [0.3, 0.4) is 0 Å². The Morgan fingerprint density at radius 2 is 1.64 bits per heavy atom. The van der Waals surface area contributed by atoms with E-state index in [-0.39, 0.29) is 24.2 Å². The van der Waals surface area contributed by atoms with Crippen LogP contribution in [0.2, 0.25) is 0 Å². The van der Waals surface area contributed by atoms with Gasteiger partial charge in [0.2, 0.25) is 5.91 Å². The highest BCUT2D eigenvalue weighted by molar-refractivity contribution is 6.33. The smallest absolute Gasteiger partial charge is 0.235 e. The average molecular weight is 602 g/mol. The number of carbonyl (C=O) groups excluding carboxylic acids is 5. The Labute approximate surface area is 256 Å². The van der Waals surface area contributed by atoms with Gasteiger partial charge in [-0.25, -0.2) is 0 Å². The summed E-state index contributed by atoms with van der Waals surface area (Å²) in [4.78, 5) is 72.2. The molecule has 10 heteroatoms. The van der Waals surface area contributed by atoms with Crippen molar-refractivity contribution in [3.05, 3.63) is 53.1 Å². The van der Waals surface area contributed by atoms with E-state index in [0.29, 0.717) is 5.56 Å². The number of Topliss-reactive ketones (excluding diaryl/α,β-unsaturated/α-hetero) is 4. The SMILES string of the molecule is CN(C)[C@@H]1C(=O)C(C(N)=O)C(=O)[C@@]2(O)C(=O)C3C(=O)c4c(O)ccc(-c5ccc(CN6CCCC6)cc5)c4C[C@@]3(C)C[C@@]12C. The lowest BCUT2D eigenvalue weighted by molar-refractivity contribution is -0.203. The number of nitrogens with two attached hydrogens (primary N) is 1. The quantitative estimate of drug-likeness (QED) is 0.435. The number of phenols is 1. The lowest BCUT2D eigenvalue weighted by Crippen LogP contribution is -2.79. The zero-order valence-corrected chi connectivity index (χ0v) is 25.6. The molecule has 3 aliphatic carbocycles. The van der Waals surface area contributed by atoms with Crippen molar-refractivity contribution in [2.24, 2.45) is 28.4 Å². The van der Waals surface area contributed by atoms with Crippen LogP contribution in [0.5, 0.6) is 5.75 Å². The minimum absolute atomic E-state index is 0.0124.